The van der Waals surface area contributed by atoms with Crippen molar-refractivity contribution in [2.24, 2.45) is 11.8 Å². The van der Waals surface area contributed by atoms with Crippen LogP contribution in [0.15, 0.2) is 24.4 Å². The van der Waals surface area contributed by atoms with Crippen molar-refractivity contribution in [2.45, 2.75) is 51.7 Å². The largest absolute Gasteiger partial charge is 0.350 e. The van der Waals surface area contributed by atoms with Crippen LogP contribution in [0.3, 0.4) is 0 Å². The Morgan fingerprint density at radius 3 is 2.60 bits per heavy atom. The number of carbonyl (C=O) groups is 1. The van der Waals surface area contributed by atoms with Gasteiger partial charge in [-0.15, -0.1) is 0 Å². The first kappa shape index (κ1) is 18.3. The minimum absolute atomic E-state index is 0.146. The number of amides is 1. The zero-order chi connectivity index (χ0) is 17.6. The number of hydrazine groups is 1. The van der Waals surface area contributed by atoms with Crippen molar-refractivity contribution in [3.05, 3.63) is 30.1 Å². The molecule has 2 saturated heterocycles. The average Bonchev–Trinajstić information content (AvgIpc) is 2.97. The number of nitrogens with one attached hydrogen (secondary N) is 3. The molecule has 6 heteroatoms. The molecule has 0 saturated carbocycles. The molecule has 1 amide bonds. The summed E-state index contributed by atoms with van der Waals surface area (Å²) < 4.78 is 0. The number of pyridine rings is 1. The van der Waals surface area contributed by atoms with Gasteiger partial charge in [-0.25, -0.2) is 0 Å². The van der Waals surface area contributed by atoms with E-state index in [2.05, 4.69) is 39.9 Å². The summed E-state index contributed by atoms with van der Waals surface area (Å²) in [6.07, 6.45) is 4.89. The van der Waals surface area contributed by atoms with Gasteiger partial charge in [0.1, 0.15) is 0 Å². The Bertz CT molecular complexity index is 534. The Morgan fingerprint density at radius 2 is 1.96 bits per heavy atom. The summed E-state index contributed by atoms with van der Waals surface area (Å²) in [6, 6.07) is 6.84. The summed E-state index contributed by atoms with van der Waals surface area (Å²) in [7, 11) is 0. The van der Waals surface area contributed by atoms with E-state index in [-0.39, 0.29) is 11.8 Å². The van der Waals surface area contributed by atoms with E-state index in [1.165, 1.54) is 6.42 Å². The van der Waals surface area contributed by atoms with Gasteiger partial charge in [0.05, 0.1) is 12.2 Å². The molecule has 2 fully saturated rings. The number of aromatic nitrogens is 1. The molecule has 6 nitrogen and oxygen atoms in total. The molecule has 2 atom stereocenters. The third kappa shape index (κ3) is 5.00. The van der Waals surface area contributed by atoms with Crippen LogP contribution >= 0.6 is 0 Å². The molecule has 0 radical (unpaired) electrons. The molecule has 3 heterocycles. The number of hydrogen-bond donors (Lipinski definition) is 3. The van der Waals surface area contributed by atoms with Crippen LogP contribution in [0.25, 0.3) is 0 Å². The first-order valence-electron chi connectivity index (χ1n) is 9.54. The van der Waals surface area contributed by atoms with E-state index in [1.54, 1.807) is 6.20 Å². The van der Waals surface area contributed by atoms with Crippen molar-refractivity contribution in [1.29, 1.82) is 0 Å². The Balaban J connectivity index is 1.36. The van der Waals surface area contributed by atoms with Crippen molar-refractivity contribution >= 4 is 5.91 Å². The van der Waals surface area contributed by atoms with Gasteiger partial charge in [-0.3, -0.25) is 20.6 Å². The highest BCUT2D eigenvalue weighted by Crippen LogP contribution is 2.22. The number of likely N-dealkylation sites (tertiary alicyclic amines) is 1. The van der Waals surface area contributed by atoms with Crippen LogP contribution in [-0.2, 0) is 11.3 Å². The van der Waals surface area contributed by atoms with Crippen LogP contribution in [0.5, 0.6) is 0 Å². The molecule has 1 aromatic rings. The lowest BCUT2D eigenvalue weighted by Gasteiger charge is -2.32. The van der Waals surface area contributed by atoms with Crippen LogP contribution < -0.4 is 16.2 Å². The molecule has 0 bridgehead atoms. The Hall–Kier alpha value is -1.50. The molecule has 0 aromatic carbocycles. The Morgan fingerprint density at radius 1 is 1.24 bits per heavy atom. The molecule has 0 aliphatic carbocycles. The van der Waals surface area contributed by atoms with E-state index >= 15 is 0 Å². The van der Waals surface area contributed by atoms with Gasteiger partial charge < -0.3 is 10.2 Å². The fourth-order valence-electron chi connectivity index (χ4n) is 3.99. The van der Waals surface area contributed by atoms with E-state index in [4.69, 9.17) is 0 Å². The summed E-state index contributed by atoms with van der Waals surface area (Å²) >= 11 is 0. The van der Waals surface area contributed by atoms with Crippen molar-refractivity contribution in [3.8, 4) is 0 Å². The van der Waals surface area contributed by atoms with E-state index in [0.717, 1.165) is 38.2 Å². The second-order valence-corrected chi connectivity index (χ2v) is 7.47. The van der Waals surface area contributed by atoms with Crippen LogP contribution in [0.4, 0.5) is 0 Å². The third-order valence-electron chi connectivity index (χ3n) is 5.73. The first-order chi connectivity index (χ1) is 12.1. The highest BCUT2D eigenvalue weighted by Gasteiger charge is 2.31. The van der Waals surface area contributed by atoms with Crippen molar-refractivity contribution < 1.29 is 4.79 Å². The number of piperidine rings is 1. The van der Waals surface area contributed by atoms with Crippen LogP contribution in [0.1, 0.15) is 38.8 Å². The zero-order valence-corrected chi connectivity index (χ0v) is 15.4. The minimum Gasteiger partial charge on any atom is -0.350 e. The Kier molecular flexibility index (Phi) is 6.39. The normalized spacial score (nSPS) is 28.2. The van der Waals surface area contributed by atoms with E-state index in [9.17, 15) is 4.79 Å². The molecule has 3 N–H and O–H groups in total. The fraction of sp³-hybridized carbons (Fsp3) is 0.684. The SMILES string of the molecule is CC1NNC(C)C1CCN1CCC(C(=O)NCc2ccccn2)CC1. The predicted octanol–water partition coefficient (Wildman–Crippen LogP) is 1.30. The topological polar surface area (TPSA) is 69.3 Å². The second kappa shape index (κ2) is 8.74. The standard InChI is InChI=1S/C19H31N5O/c1-14-18(15(2)23-22-14)8-12-24-10-6-16(7-11-24)19(25)21-13-17-5-3-4-9-20-17/h3-5,9,14-16,18,22-23H,6-8,10-13H2,1-2H3,(H,21,25). The van der Waals surface area contributed by atoms with Crippen LogP contribution in [0, 0.1) is 11.8 Å². The van der Waals surface area contributed by atoms with Crippen LogP contribution in [-0.4, -0.2) is 47.5 Å². The van der Waals surface area contributed by atoms with Gasteiger partial charge >= 0.3 is 0 Å². The number of nitrogens with zero attached hydrogens (tertiary/aromatic N) is 2. The molecule has 1 aromatic heterocycles. The lowest BCUT2D eigenvalue weighted by atomic mass is 9.91. The van der Waals surface area contributed by atoms with Gasteiger partial charge in [0, 0.05) is 24.2 Å². The molecule has 0 spiro atoms. The smallest absolute Gasteiger partial charge is 0.223 e. The van der Waals surface area contributed by atoms with Gasteiger partial charge in [-0.1, -0.05) is 6.07 Å². The maximum absolute atomic E-state index is 12.4. The molecular formula is C19H31N5O. The van der Waals surface area contributed by atoms with Gasteiger partial charge in [0.25, 0.3) is 0 Å². The van der Waals surface area contributed by atoms with Crippen molar-refractivity contribution in [2.75, 3.05) is 19.6 Å². The molecule has 2 aliphatic heterocycles. The maximum Gasteiger partial charge on any atom is 0.223 e. The molecule has 25 heavy (non-hydrogen) atoms. The quantitative estimate of drug-likeness (QED) is 0.725. The highest BCUT2D eigenvalue weighted by atomic mass is 16.1. The fourth-order valence-corrected chi connectivity index (χ4v) is 3.99. The lowest BCUT2D eigenvalue weighted by Crippen LogP contribution is -2.41. The van der Waals surface area contributed by atoms with E-state index in [1.807, 2.05) is 18.2 Å². The summed E-state index contributed by atoms with van der Waals surface area (Å²) in [5.74, 6) is 1.00. The van der Waals surface area contributed by atoms with Gasteiger partial charge in [-0.05, 0) is 70.8 Å². The van der Waals surface area contributed by atoms with E-state index in [0.29, 0.717) is 24.5 Å². The molecule has 3 rings (SSSR count). The lowest BCUT2D eigenvalue weighted by molar-refractivity contribution is -0.126. The number of carbonyl (C=O) groups excluding carboxylic acids is 1. The second-order valence-electron chi connectivity index (χ2n) is 7.47. The van der Waals surface area contributed by atoms with Crippen molar-refractivity contribution in [3.63, 3.8) is 0 Å². The predicted molar refractivity (Wildman–Crippen MR) is 98.6 cm³/mol. The monoisotopic (exact) mass is 345 g/mol. The van der Waals surface area contributed by atoms with Gasteiger partial charge in [0.15, 0.2) is 0 Å². The van der Waals surface area contributed by atoms with Crippen molar-refractivity contribution in [1.82, 2.24) is 26.1 Å². The van der Waals surface area contributed by atoms with Gasteiger partial charge in [-0.2, -0.15) is 0 Å². The average molecular weight is 345 g/mol. The zero-order valence-electron chi connectivity index (χ0n) is 15.4. The van der Waals surface area contributed by atoms with Gasteiger partial charge in [0.2, 0.25) is 5.91 Å². The summed E-state index contributed by atoms with van der Waals surface area (Å²) in [5, 5.41) is 3.04. The molecule has 2 unspecified atom stereocenters. The van der Waals surface area contributed by atoms with Crippen LogP contribution in [0.2, 0.25) is 0 Å². The minimum atomic E-state index is 0.146. The molecule has 2 aliphatic rings. The third-order valence-corrected chi connectivity index (χ3v) is 5.73. The number of hydrogen-bond acceptors (Lipinski definition) is 5. The first-order valence-corrected chi connectivity index (χ1v) is 9.54. The highest BCUT2D eigenvalue weighted by molar-refractivity contribution is 5.78. The van der Waals surface area contributed by atoms with E-state index < -0.39 is 0 Å². The number of rotatable bonds is 6. The summed E-state index contributed by atoms with van der Waals surface area (Å²) in [6.45, 7) is 8.21. The summed E-state index contributed by atoms with van der Waals surface area (Å²) in [4.78, 5) is 19.1. The maximum atomic E-state index is 12.4. The Labute approximate surface area is 150 Å². The molecular weight excluding hydrogens is 314 g/mol. The molecule has 138 valence electrons. The summed E-state index contributed by atoms with van der Waals surface area (Å²) in [5.41, 5.74) is 7.57.